The number of hydrogen-bond donors (Lipinski definition) is 1. The summed E-state index contributed by atoms with van der Waals surface area (Å²) in [6, 6.07) is 3.35. The first kappa shape index (κ1) is 12.0. The van der Waals surface area contributed by atoms with Crippen molar-refractivity contribution in [2.24, 2.45) is 5.92 Å². The molecule has 19 heavy (non-hydrogen) atoms. The standard InChI is InChI=1S/C13H16N4O2/c14-12-2-1-4-17(13(12)18)11-6-15-16(8-11)7-10-3-5-19-9-10/h1-2,4,6,8,10H,3,5,7,9,14H2. The van der Waals surface area contributed by atoms with Gasteiger partial charge in [-0.3, -0.25) is 14.0 Å². The summed E-state index contributed by atoms with van der Waals surface area (Å²) in [5.41, 5.74) is 6.37. The van der Waals surface area contributed by atoms with Gasteiger partial charge in [0.15, 0.2) is 0 Å². The van der Waals surface area contributed by atoms with Crippen molar-refractivity contribution in [2.75, 3.05) is 18.9 Å². The topological polar surface area (TPSA) is 75.1 Å². The van der Waals surface area contributed by atoms with Crippen LogP contribution in [0.1, 0.15) is 6.42 Å². The highest BCUT2D eigenvalue weighted by Crippen LogP contribution is 2.15. The normalized spacial score (nSPS) is 18.8. The molecule has 0 aliphatic carbocycles. The van der Waals surface area contributed by atoms with Crippen molar-refractivity contribution >= 4 is 5.69 Å². The minimum Gasteiger partial charge on any atom is -0.394 e. The van der Waals surface area contributed by atoms with E-state index in [1.807, 2.05) is 10.9 Å². The molecule has 0 aromatic carbocycles. The zero-order valence-corrected chi connectivity index (χ0v) is 10.5. The van der Waals surface area contributed by atoms with Crippen molar-refractivity contribution in [3.05, 3.63) is 41.1 Å². The quantitative estimate of drug-likeness (QED) is 0.879. The van der Waals surface area contributed by atoms with E-state index < -0.39 is 0 Å². The van der Waals surface area contributed by atoms with E-state index >= 15 is 0 Å². The largest absolute Gasteiger partial charge is 0.394 e. The number of aromatic nitrogens is 3. The Kier molecular flexibility index (Phi) is 3.08. The van der Waals surface area contributed by atoms with Crippen LogP contribution in [0.2, 0.25) is 0 Å². The fourth-order valence-electron chi connectivity index (χ4n) is 2.28. The smallest absolute Gasteiger partial charge is 0.278 e. The van der Waals surface area contributed by atoms with Gasteiger partial charge in [0.1, 0.15) is 0 Å². The van der Waals surface area contributed by atoms with Crippen LogP contribution in [0.5, 0.6) is 0 Å². The number of nitrogens with two attached hydrogens (primary N) is 1. The third-order valence-corrected chi connectivity index (χ3v) is 3.34. The van der Waals surface area contributed by atoms with E-state index in [1.54, 1.807) is 24.5 Å². The van der Waals surface area contributed by atoms with Crippen LogP contribution in [0, 0.1) is 5.92 Å². The Balaban J connectivity index is 1.84. The number of ether oxygens (including phenoxy) is 1. The molecule has 0 amide bonds. The van der Waals surface area contributed by atoms with Gasteiger partial charge in [-0.2, -0.15) is 5.10 Å². The maximum absolute atomic E-state index is 11.9. The third-order valence-electron chi connectivity index (χ3n) is 3.34. The van der Waals surface area contributed by atoms with Crippen LogP contribution in [0.4, 0.5) is 5.69 Å². The maximum atomic E-state index is 11.9. The summed E-state index contributed by atoms with van der Waals surface area (Å²) in [5.74, 6) is 0.505. The molecular weight excluding hydrogens is 244 g/mol. The van der Waals surface area contributed by atoms with E-state index in [9.17, 15) is 4.79 Å². The summed E-state index contributed by atoms with van der Waals surface area (Å²) in [7, 11) is 0. The second kappa shape index (κ2) is 4.89. The molecule has 2 N–H and O–H groups in total. The molecule has 2 aromatic heterocycles. The molecule has 0 spiro atoms. The summed E-state index contributed by atoms with van der Waals surface area (Å²) in [6.07, 6.45) is 6.29. The van der Waals surface area contributed by atoms with Crippen LogP contribution >= 0.6 is 0 Å². The van der Waals surface area contributed by atoms with E-state index in [2.05, 4.69) is 5.10 Å². The molecule has 1 unspecified atom stereocenters. The minimum atomic E-state index is -0.216. The van der Waals surface area contributed by atoms with Crippen LogP contribution in [0.3, 0.4) is 0 Å². The first-order valence-corrected chi connectivity index (χ1v) is 6.32. The first-order valence-electron chi connectivity index (χ1n) is 6.32. The first-order chi connectivity index (χ1) is 9.24. The Hall–Kier alpha value is -2.08. The Bertz CT molecular complexity index is 626. The van der Waals surface area contributed by atoms with Gasteiger partial charge in [-0.05, 0) is 18.6 Å². The van der Waals surface area contributed by atoms with Crippen molar-refractivity contribution in [1.82, 2.24) is 14.3 Å². The monoisotopic (exact) mass is 260 g/mol. The third kappa shape index (κ3) is 2.39. The van der Waals surface area contributed by atoms with Crippen molar-refractivity contribution < 1.29 is 4.74 Å². The minimum absolute atomic E-state index is 0.216. The predicted molar refractivity (Wildman–Crippen MR) is 71.2 cm³/mol. The lowest BCUT2D eigenvalue weighted by atomic mass is 10.1. The number of nitrogens with zero attached hydrogens (tertiary/aromatic N) is 3. The van der Waals surface area contributed by atoms with Crippen LogP contribution in [-0.2, 0) is 11.3 Å². The SMILES string of the molecule is Nc1cccn(-c2cnn(CC3CCOC3)c2)c1=O. The molecule has 6 nitrogen and oxygen atoms in total. The van der Waals surface area contributed by atoms with E-state index in [0.717, 1.165) is 31.9 Å². The van der Waals surface area contributed by atoms with E-state index in [4.69, 9.17) is 10.5 Å². The molecule has 1 atom stereocenters. The summed E-state index contributed by atoms with van der Waals surface area (Å²) in [4.78, 5) is 11.9. The van der Waals surface area contributed by atoms with Crippen LogP contribution in [0.15, 0.2) is 35.5 Å². The molecule has 0 bridgehead atoms. The summed E-state index contributed by atoms with van der Waals surface area (Å²) < 4.78 is 8.70. The van der Waals surface area contributed by atoms with Crippen molar-refractivity contribution in [1.29, 1.82) is 0 Å². The van der Waals surface area contributed by atoms with Gasteiger partial charge in [-0.1, -0.05) is 0 Å². The molecule has 1 fully saturated rings. The Labute approximate surface area is 110 Å². The average molecular weight is 260 g/mol. The van der Waals surface area contributed by atoms with E-state index in [-0.39, 0.29) is 11.2 Å². The lowest BCUT2D eigenvalue weighted by molar-refractivity contribution is 0.181. The molecule has 1 saturated heterocycles. The van der Waals surface area contributed by atoms with Crippen LogP contribution in [-0.4, -0.2) is 27.6 Å². The van der Waals surface area contributed by atoms with Gasteiger partial charge in [-0.15, -0.1) is 0 Å². The Morgan fingerprint density at radius 2 is 2.42 bits per heavy atom. The number of rotatable bonds is 3. The highest BCUT2D eigenvalue weighted by molar-refractivity contribution is 5.38. The highest BCUT2D eigenvalue weighted by Gasteiger charge is 2.16. The van der Waals surface area contributed by atoms with Crippen molar-refractivity contribution in [2.45, 2.75) is 13.0 Å². The molecule has 100 valence electrons. The molecule has 3 rings (SSSR count). The van der Waals surface area contributed by atoms with Gasteiger partial charge in [0.05, 0.1) is 24.2 Å². The van der Waals surface area contributed by atoms with E-state index in [1.165, 1.54) is 4.57 Å². The summed E-state index contributed by atoms with van der Waals surface area (Å²) in [5, 5.41) is 4.29. The lowest BCUT2D eigenvalue weighted by Gasteiger charge is -2.06. The lowest BCUT2D eigenvalue weighted by Crippen LogP contribution is -2.20. The highest BCUT2D eigenvalue weighted by atomic mass is 16.5. The van der Waals surface area contributed by atoms with Gasteiger partial charge in [-0.25, -0.2) is 0 Å². The van der Waals surface area contributed by atoms with Gasteiger partial charge < -0.3 is 10.5 Å². The predicted octanol–water partition coefficient (Wildman–Crippen LogP) is 0.653. The van der Waals surface area contributed by atoms with Crippen LogP contribution in [0.25, 0.3) is 5.69 Å². The van der Waals surface area contributed by atoms with Gasteiger partial charge >= 0.3 is 0 Å². The van der Waals surface area contributed by atoms with Crippen LogP contribution < -0.4 is 11.3 Å². The zero-order chi connectivity index (χ0) is 13.2. The average Bonchev–Trinajstić information content (AvgIpc) is 3.05. The second-order valence-electron chi connectivity index (χ2n) is 4.79. The second-order valence-corrected chi connectivity index (χ2v) is 4.79. The molecule has 1 aliphatic rings. The van der Waals surface area contributed by atoms with Gasteiger partial charge in [0, 0.05) is 31.5 Å². The molecule has 3 heterocycles. The number of pyridine rings is 1. The fraction of sp³-hybridized carbons (Fsp3) is 0.385. The number of nitrogen functional groups attached to an aromatic ring is 1. The maximum Gasteiger partial charge on any atom is 0.278 e. The zero-order valence-electron chi connectivity index (χ0n) is 10.5. The fourth-order valence-corrected chi connectivity index (χ4v) is 2.28. The van der Waals surface area contributed by atoms with Gasteiger partial charge in [0.2, 0.25) is 0 Å². The number of anilines is 1. The molecule has 1 aliphatic heterocycles. The molecule has 2 aromatic rings. The molecule has 0 saturated carbocycles. The Morgan fingerprint density at radius 3 is 3.21 bits per heavy atom. The molecule has 0 radical (unpaired) electrons. The van der Waals surface area contributed by atoms with E-state index in [0.29, 0.717) is 5.92 Å². The molecular formula is C13H16N4O2. The summed E-state index contributed by atoms with van der Waals surface area (Å²) >= 11 is 0. The van der Waals surface area contributed by atoms with Gasteiger partial charge in [0.25, 0.3) is 5.56 Å². The Morgan fingerprint density at radius 1 is 1.53 bits per heavy atom. The summed E-state index contributed by atoms with van der Waals surface area (Å²) in [6.45, 7) is 2.43. The number of hydrogen-bond acceptors (Lipinski definition) is 4. The molecule has 6 heteroatoms. The van der Waals surface area contributed by atoms with Crippen molar-refractivity contribution in [3.63, 3.8) is 0 Å². The van der Waals surface area contributed by atoms with Crippen molar-refractivity contribution in [3.8, 4) is 5.69 Å².